The fourth-order valence-electron chi connectivity index (χ4n) is 2.97. The highest BCUT2D eigenvalue weighted by Gasteiger charge is 2.40. The summed E-state index contributed by atoms with van der Waals surface area (Å²) in [5.74, 6) is 1.70. The van der Waals surface area contributed by atoms with Crippen LogP contribution in [0.15, 0.2) is 0 Å². The van der Waals surface area contributed by atoms with Crippen LogP contribution in [0.25, 0.3) is 0 Å². The van der Waals surface area contributed by atoms with Gasteiger partial charge in [0, 0.05) is 12.5 Å². The lowest BCUT2D eigenvalue weighted by atomic mass is 9.68. The first-order valence-electron chi connectivity index (χ1n) is 5.76. The molecule has 0 bridgehead atoms. The van der Waals surface area contributed by atoms with E-state index < -0.39 is 0 Å². The van der Waals surface area contributed by atoms with E-state index in [4.69, 9.17) is 0 Å². The van der Waals surface area contributed by atoms with Crippen molar-refractivity contribution in [3.8, 4) is 0 Å². The summed E-state index contributed by atoms with van der Waals surface area (Å²) >= 11 is 0. The van der Waals surface area contributed by atoms with Gasteiger partial charge in [-0.3, -0.25) is 4.79 Å². The molecular formula is C12H21NO. The highest BCUT2D eigenvalue weighted by atomic mass is 16.2. The van der Waals surface area contributed by atoms with Crippen molar-refractivity contribution in [2.75, 3.05) is 0 Å². The van der Waals surface area contributed by atoms with E-state index in [-0.39, 0.29) is 5.91 Å². The van der Waals surface area contributed by atoms with Gasteiger partial charge in [0.05, 0.1) is 0 Å². The summed E-state index contributed by atoms with van der Waals surface area (Å²) in [6, 6.07) is 0.501. The van der Waals surface area contributed by atoms with Gasteiger partial charge >= 0.3 is 0 Å². The van der Waals surface area contributed by atoms with Gasteiger partial charge in [-0.15, -0.1) is 0 Å². The summed E-state index contributed by atoms with van der Waals surface area (Å²) in [6.45, 7) is 6.96. The molecular weight excluding hydrogens is 174 g/mol. The van der Waals surface area contributed by atoms with Crippen molar-refractivity contribution in [3.63, 3.8) is 0 Å². The van der Waals surface area contributed by atoms with Crippen LogP contribution in [0.2, 0.25) is 0 Å². The van der Waals surface area contributed by atoms with Gasteiger partial charge in [0.1, 0.15) is 0 Å². The normalized spacial score (nSPS) is 37.9. The molecule has 2 nitrogen and oxygen atoms in total. The topological polar surface area (TPSA) is 29.1 Å². The van der Waals surface area contributed by atoms with E-state index in [9.17, 15) is 4.79 Å². The van der Waals surface area contributed by atoms with E-state index in [0.717, 1.165) is 12.3 Å². The Bertz CT molecular complexity index is 241. The zero-order valence-electron chi connectivity index (χ0n) is 9.47. The second-order valence-corrected chi connectivity index (χ2v) is 6.01. The Balaban J connectivity index is 2.01. The number of nitrogens with one attached hydrogen (secondary N) is 1. The summed E-state index contributed by atoms with van der Waals surface area (Å²) in [5, 5.41) is 3.09. The minimum absolute atomic E-state index is 0.273. The maximum absolute atomic E-state index is 11.3. The van der Waals surface area contributed by atoms with Crippen molar-refractivity contribution in [1.82, 2.24) is 5.32 Å². The molecule has 0 aromatic heterocycles. The van der Waals surface area contributed by atoms with Crippen LogP contribution in [0.5, 0.6) is 0 Å². The first kappa shape index (κ1) is 10.0. The second-order valence-electron chi connectivity index (χ2n) is 6.01. The monoisotopic (exact) mass is 195 g/mol. The Labute approximate surface area is 86.5 Å². The van der Waals surface area contributed by atoms with Crippen molar-refractivity contribution in [1.29, 1.82) is 0 Å². The Morgan fingerprint density at radius 2 is 2.00 bits per heavy atom. The van der Waals surface area contributed by atoms with E-state index in [0.29, 0.717) is 17.4 Å². The average Bonchev–Trinajstić information content (AvgIpc) is 2.41. The first-order valence-corrected chi connectivity index (χ1v) is 5.76. The molecule has 3 unspecified atom stereocenters. The van der Waals surface area contributed by atoms with E-state index in [1.54, 1.807) is 0 Å². The van der Waals surface area contributed by atoms with Crippen molar-refractivity contribution >= 4 is 5.91 Å². The van der Waals surface area contributed by atoms with Crippen molar-refractivity contribution < 1.29 is 4.79 Å². The molecule has 0 radical (unpaired) electrons. The zero-order chi connectivity index (χ0) is 10.3. The van der Waals surface area contributed by atoms with Crippen LogP contribution in [0.1, 0.15) is 46.5 Å². The van der Waals surface area contributed by atoms with Gasteiger partial charge in [0.15, 0.2) is 0 Å². The molecule has 0 spiro atoms. The quantitative estimate of drug-likeness (QED) is 0.631. The molecule has 1 N–H and O–H groups in total. The SMILES string of the molecule is CC(C)(C)C1CCC2NC(=O)CC2C1. The smallest absolute Gasteiger partial charge is 0.220 e. The molecule has 1 saturated carbocycles. The summed E-state index contributed by atoms with van der Waals surface area (Å²) in [6.07, 6.45) is 4.49. The van der Waals surface area contributed by atoms with Crippen LogP contribution >= 0.6 is 0 Å². The van der Waals surface area contributed by atoms with Gasteiger partial charge in [0.2, 0.25) is 5.91 Å². The molecule has 1 aliphatic heterocycles. The summed E-state index contributed by atoms with van der Waals surface area (Å²) in [5.41, 5.74) is 0.413. The maximum atomic E-state index is 11.3. The molecule has 2 aliphatic rings. The second kappa shape index (κ2) is 3.25. The van der Waals surface area contributed by atoms with Gasteiger partial charge < -0.3 is 5.32 Å². The molecule has 0 aromatic rings. The highest BCUT2D eigenvalue weighted by molar-refractivity contribution is 5.79. The van der Waals surface area contributed by atoms with Crippen LogP contribution < -0.4 is 5.32 Å². The lowest BCUT2D eigenvalue weighted by Crippen LogP contribution is -2.37. The fraction of sp³-hybridized carbons (Fsp3) is 0.917. The third kappa shape index (κ3) is 1.79. The molecule has 1 amide bonds. The van der Waals surface area contributed by atoms with E-state index >= 15 is 0 Å². The Hall–Kier alpha value is -0.530. The molecule has 14 heavy (non-hydrogen) atoms. The third-order valence-electron chi connectivity index (χ3n) is 4.00. The highest BCUT2D eigenvalue weighted by Crippen LogP contribution is 2.42. The minimum atomic E-state index is 0.273. The molecule has 2 rings (SSSR count). The Kier molecular flexibility index (Phi) is 2.32. The maximum Gasteiger partial charge on any atom is 0.220 e. The number of hydrogen-bond acceptors (Lipinski definition) is 1. The van der Waals surface area contributed by atoms with Gasteiger partial charge in [0.25, 0.3) is 0 Å². The molecule has 1 saturated heterocycles. The van der Waals surface area contributed by atoms with Gasteiger partial charge in [-0.2, -0.15) is 0 Å². The van der Waals surface area contributed by atoms with Crippen molar-refractivity contribution in [3.05, 3.63) is 0 Å². The molecule has 80 valence electrons. The van der Waals surface area contributed by atoms with Crippen molar-refractivity contribution in [2.45, 2.75) is 52.5 Å². The zero-order valence-corrected chi connectivity index (χ0v) is 9.47. The molecule has 3 atom stereocenters. The van der Waals surface area contributed by atoms with Crippen LogP contribution in [-0.4, -0.2) is 11.9 Å². The summed E-state index contributed by atoms with van der Waals surface area (Å²) in [4.78, 5) is 11.3. The van der Waals surface area contributed by atoms with Gasteiger partial charge in [-0.05, 0) is 36.5 Å². The van der Waals surface area contributed by atoms with E-state index in [1.165, 1.54) is 19.3 Å². The average molecular weight is 195 g/mol. The number of carbonyl (C=O) groups excluding carboxylic acids is 1. The van der Waals surface area contributed by atoms with E-state index in [1.807, 2.05) is 0 Å². The van der Waals surface area contributed by atoms with Gasteiger partial charge in [-0.25, -0.2) is 0 Å². The van der Waals surface area contributed by atoms with Crippen LogP contribution in [0.3, 0.4) is 0 Å². The number of rotatable bonds is 0. The first-order chi connectivity index (χ1) is 6.47. The Morgan fingerprint density at radius 3 is 2.64 bits per heavy atom. The Morgan fingerprint density at radius 1 is 1.29 bits per heavy atom. The predicted octanol–water partition coefficient (Wildman–Crippen LogP) is 2.34. The number of amides is 1. The molecule has 2 fully saturated rings. The summed E-state index contributed by atoms with van der Waals surface area (Å²) in [7, 11) is 0. The van der Waals surface area contributed by atoms with Crippen LogP contribution in [-0.2, 0) is 4.79 Å². The van der Waals surface area contributed by atoms with Crippen LogP contribution in [0, 0.1) is 17.3 Å². The minimum Gasteiger partial charge on any atom is -0.353 e. The standard InChI is InChI=1S/C12H21NO/c1-12(2,3)9-4-5-10-8(6-9)7-11(14)13-10/h8-10H,4-7H2,1-3H3,(H,13,14). The molecule has 2 heteroatoms. The largest absolute Gasteiger partial charge is 0.353 e. The number of carbonyl (C=O) groups is 1. The predicted molar refractivity (Wildman–Crippen MR) is 56.8 cm³/mol. The summed E-state index contributed by atoms with van der Waals surface area (Å²) < 4.78 is 0. The lowest BCUT2D eigenvalue weighted by Gasteiger charge is -2.38. The fourth-order valence-corrected chi connectivity index (χ4v) is 2.97. The van der Waals surface area contributed by atoms with Gasteiger partial charge in [-0.1, -0.05) is 20.8 Å². The lowest BCUT2D eigenvalue weighted by molar-refractivity contribution is -0.119. The number of hydrogen-bond donors (Lipinski definition) is 1. The number of fused-ring (bicyclic) bond motifs is 1. The molecule has 1 heterocycles. The van der Waals surface area contributed by atoms with Crippen molar-refractivity contribution in [2.24, 2.45) is 17.3 Å². The van der Waals surface area contributed by atoms with E-state index in [2.05, 4.69) is 26.1 Å². The molecule has 1 aliphatic carbocycles. The third-order valence-corrected chi connectivity index (χ3v) is 4.00. The molecule has 0 aromatic carbocycles. The van der Waals surface area contributed by atoms with Crippen LogP contribution in [0.4, 0.5) is 0 Å².